The van der Waals surface area contributed by atoms with Gasteiger partial charge < -0.3 is 4.79 Å². The lowest BCUT2D eigenvalue weighted by Gasteiger charge is -2.10. The molecule has 4 amide bonds. The molecule has 1 saturated heterocycles. The largest absolute Gasteiger partial charge is 0.303 e. The van der Waals surface area contributed by atoms with Crippen LogP contribution in [-0.2, 0) is 28.8 Å². The van der Waals surface area contributed by atoms with E-state index in [0.29, 0.717) is 6.29 Å². The second-order valence-electron chi connectivity index (χ2n) is 3.88. The van der Waals surface area contributed by atoms with Gasteiger partial charge in [-0.25, -0.2) is 0 Å². The molecular formula is C12H14N2O6. The van der Waals surface area contributed by atoms with Crippen molar-refractivity contribution < 1.29 is 28.8 Å². The third kappa shape index (κ3) is 3.82. The number of hydroxylamine groups is 2. The normalized spacial score (nSPS) is 17.6. The molecule has 2 aliphatic rings. The number of nitrogens with zero attached hydrogens (tertiary/aromatic N) is 2. The number of amides is 4. The van der Waals surface area contributed by atoms with Gasteiger partial charge in [-0.1, -0.05) is 0 Å². The van der Waals surface area contributed by atoms with Crippen LogP contribution in [0.25, 0.3) is 0 Å². The second-order valence-corrected chi connectivity index (χ2v) is 3.88. The molecule has 108 valence electrons. The zero-order valence-electron chi connectivity index (χ0n) is 10.9. The van der Waals surface area contributed by atoms with Crippen molar-refractivity contribution in [3.8, 4) is 0 Å². The fourth-order valence-corrected chi connectivity index (χ4v) is 1.59. The molecule has 0 aromatic rings. The van der Waals surface area contributed by atoms with E-state index >= 15 is 0 Å². The molecule has 8 heteroatoms. The molecule has 0 N–H and O–H groups in total. The Kier molecular flexibility index (Phi) is 5.73. The van der Waals surface area contributed by atoms with Crippen LogP contribution in [0.15, 0.2) is 12.2 Å². The molecule has 0 aromatic carbocycles. The number of hydrogen-bond acceptors (Lipinski definition) is 6. The summed E-state index contributed by atoms with van der Waals surface area (Å²) in [5, 5.41) is 0.792. The van der Waals surface area contributed by atoms with E-state index in [4.69, 9.17) is 0 Å². The molecule has 20 heavy (non-hydrogen) atoms. The van der Waals surface area contributed by atoms with E-state index in [9.17, 15) is 24.0 Å². The molecule has 0 bridgehead atoms. The van der Waals surface area contributed by atoms with E-state index in [2.05, 4.69) is 4.84 Å². The molecule has 0 unspecified atom stereocenters. The molecule has 0 aliphatic carbocycles. The van der Waals surface area contributed by atoms with Gasteiger partial charge in [0.1, 0.15) is 6.29 Å². The van der Waals surface area contributed by atoms with Crippen LogP contribution in [-0.4, -0.2) is 53.5 Å². The molecule has 0 saturated carbocycles. The molecule has 0 atom stereocenters. The van der Waals surface area contributed by atoms with Gasteiger partial charge in [-0.15, -0.1) is 0 Å². The SMILES string of the molecule is CON1C(=O)CCC1=O.O=CCCN1C(=O)C=CC1=O. The highest BCUT2D eigenvalue weighted by molar-refractivity contribution is 6.12. The number of rotatable bonds is 4. The first-order valence-corrected chi connectivity index (χ1v) is 5.88. The van der Waals surface area contributed by atoms with Gasteiger partial charge in [0.2, 0.25) is 0 Å². The van der Waals surface area contributed by atoms with E-state index in [1.54, 1.807) is 0 Å². The van der Waals surface area contributed by atoms with Gasteiger partial charge in [-0.3, -0.25) is 28.9 Å². The second kappa shape index (κ2) is 7.29. The highest BCUT2D eigenvalue weighted by atomic mass is 16.7. The van der Waals surface area contributed by atoms with Crippen molar-refractivity contribution in [3.63, 3.8) is 0 Å². The Bertz CT molecular complexity index is 437. The Balaban J connectivity index is 0.000000204. The number of carbonyl (C=O) groups is 5. The zero-order chi connectivity index (χ0) is 15.1. The van der Waals surface area contributed by atoms with E-state index in [-0.39, 0.29) is 49.4 Å². The summed E-state index contributed by atoms with van der Waals surface area (Å²) < 4.78 is 0. The molecular weight excluding hydrogens is 268 g/mol. The number of aldehydes is 1. The van der Waals surface area contributed by atoms with Crippen molar-refractivity contribution in [2.24, 2.45) is 0 Å². The molecule has 0 aromatic heterocycles. The van der Waals surface area contributed by atoms with Crippen molar-refractivity contribution in [1.29, 1.82) is 0 Å². The van der Waals surface area contributed by atoms with Crippen LogP contribution in [0.2, 0.25) is 0 Å². The minimum Gasteiger partial charge on any atom is -0.303 e. The lowest BCUT2D eigenvalue weighted by atomic mass is 10.4. The van der Waals surface area contributed by atoms with Gasteiger partial charge >= 0.3 is 0 Å². The first-order chi connectivity index (χ1) is 9.51. The van der Waals surface area contributed by atoms with Crippen molar-refractivity contribution in [2.45, 2.75) is 19.3 Å². The summed E-state index contributed by atoms with van der Waals surface area (Å²) in [5.41, 5.74) is 0. The van der Waals surface area contributed by atoms with Gasteiger partial charge in [0, 0.05) is 38.0 Å². The molecule has 8 nitrogen and oxygen atoms in total. The molecule has 2 rings (SSSR count). The molecule has 2 heterocycles. The summed E-state index contributed by atoms with van der Waals surface area (Å²) in [5.74, 6) is -1.17. The number of carbonyl (C=O) groups excluding carboxylic acids is 5. The summed E-state index contributed by atoms with van der Waals surface area (Å²) in [6.45, 7) is 0.189. The van der Waals surface area contributed by atoms with Gasteiger partial charge in [0.25, 0.3) is 23.6 Å². The van der Waals surface area contributed by atoms with Gasteiger partial charge in [0.15, 0.2) is 0 Å². The Labute approximate surface area is 114 Å². The number of imide groups is 2. The third-order valence-electron chi connectivity index (χ3n) is 2.56. The Hall–Kier alpha value is -2.35. The first kappa shape index (κ1) is 15.7. The van der Waals surface area contributed by atoms with Crippen LogP contribution in [0.4, 0.5) is 0 Å². The van der Waals surface area contributed by atoms with E-state index in [1.807, 2.05) is 0 Å². The van der Waals surface area contributed by atoms with Crippen molar-refractivity contribution in [3.05, 3.63) is 12.2 Å². The van der Waals surface area contributed by atoms with Gasteiger partial charge in [0.05, 0.1) is 7.11 Å². The van der Waals surface area contributed by atoms with Crippen LogP contribution in [0.3, 0.4) is 0 Å². The maximum absolute atomic E-state index is 10.8. The summed E-state index contributed by atoms with van der Waals surface area (Å²) in [7, 11) is 1.31. The first-order valence-electron chi connectivity index (χ1n) is 5.88. The van der Waals surface area contributed by atoms with Crippen LogP contribution in [0.1, 0.15) is 19.3 Å². The fraction of sp³-hybridized carbons (Fsp3) is 0.417. The van der Waals surface area contributed by atoms with E-state index in [0.717, 1.165) is 9.96 Å². The average Bonchev–Trinajstić information content (AvgIpc) is 2.92. The Morgan fingerprint density at radius 2 is 1.60 bits per heavy atom. The standard InChI is InChI=1S/C7H7NO3.C5H7NO3/c9-5-1-4-8-6(10)2-3-7(8)11;1-9-6-4(7)2-3-5(6)8/h2-3,5H,1,4H2;2-3H2,1H3. The van der Waals surface area contributed by atoms with E-state index in [1.165, 1.54) is 19.3 Å². The summed E-state index contributed by atoms with van der Waals surface area (Å²) in [6, 6.07) is 0. The maximum Gasteiger partial charge on any atom is 0.253 e. The minimum atomic E-state index is -0.336. The van der Waals surface area contributed by atoms with Crippen LogP contribution in [0, 0.1) is 0 Å². The van der Waals surface area contributed by atoms with Crippen LogP contribution < -0.4 is 0 Å². The highest BCUT2D eigenvalue weighted by Gasteiger charge is 2.28. The van der Waals surface area contributed by atoms with Crippen molar-refractivity contribution in [2.75, 3.05) is 13.7 Å². The highest BCUT2D eigenvalue weighted by Crippen LogP contribution is 2.10. The van der Waals surface area contributed by atoms with Crippen LogP contribution >= 0.6 is 0 Å². The van der Waals surface area contributed by atoms with Crippen molar-refractivity contribution >= 4 is 29.9 Å². The maximum atomic E-state index is 10.8. The fourth-order valence-electron chi connectivity index (χ4n) is 1.59. The number of hydrogen-bond donors (Lipinski definition) is 0. The van der Waals surface area contributed by atoms with Gasteiger partial charge in [-0.05, 0) is 0 Å². The summed E-state index contributed by atoms with van der Waals surface area (Å²) >= 11 is 0. The summed E-state index contributed by atoms with van der Waals surface area (Å²) in [4.78, 5) is 58.2. The molecule has 1 fully saturated rings. The lowest BCUT2D eigenvalue weighted by Crippen LogP contribution is -2.30. The van der Waals surface area contributed by atoms with Crippen molar-refractivity contribution in [1.82, 2.24) is 9.96 Å². The molecule has 0 radical (unpaired) electrons. The minimum absolute atomic E-state index is 0.189. The Morgan fingerprint density at radius 1 is 1.10 bits per heavy atom. The van der Waals surface area contributed by atoms with Gasteiger partial charge in [-0.2, -0.15) is 5.06 Å². The molecule has 0 spiro atoms. The summed E-state index contributed by atoms with van der Waals surface area (Å²) in [6.07, 6.45) is 3.86. The predicted molar refractivity (Wildman–Crippen MR) is 64.6 cm³/mol. The zero-order valence-corrected chi connectivity index (χ0v) is 10.9. The Morgan fingerprint density at radius 3 is 1.95 bits per heavy atom. The monoisotopic (exact) mass is 282 g/mol. The molecule has 2 aliphatic heterocycles. The topological polar surface area (TPSA) is 101 Å². The smallest absolute Gasteiger partial charge is 0.253 e. The quantitative estimate of drug-likeness (QED) is 0.494. The predicted octanol–water partition coefficient (Wildman–Crippen LogP) is -0.803. The lowest BCUT2D eigenvalue weighted by molar-refractivity contribution is -0.179. The third-order valence-corrected chi connectivity index (χ3v) is 2.56. The van der Waals surface area contributed by atoms with E-state index < -0.39 is 0 Å². The average molecular weight is 282 g/mol. The van der Waals surface area contributed by atoms with Crippen LogP contribution in [0.5, 0.6) is 0 Å².